The Morgan fingerprint density at radius 1 is 0.978 bits per heavy atom. The molecule has 2 heterocycles. The second kappa shape index (κ2) is 13.3. The number of benzene rings is 3. The van der Waals surface area contributed by atoms with Crippen LogP contribution in [0.15, 0.2) is 82.6 Å². The van der Waals surface area contributed by atoms with Crippen molar-refractivity contribution in [1.82, 2.24) is 29.3 Å². The van der Waals surface area contributed by atoms with Crippen LogP contribution in [0.2, 0.25) is 0 Å². The highest BCUT2D eigenvalue weighted by molar-refractivity contribution is 5.93. The number of rotatable bonds is 8. The molecule has 0 aliphatic heterocycles. The summed E-state index contributed by atoms with van der Waals surface area (Å²) in [6, 6.07) is 16.6. The van der Waals surface area contributed by atoms with Crippen LogP contribution in [0.1, 0.15) is 27.0 Å². The van der Waals surface area contributed by atoms with Crippen molar-refractivity contribution in [3.8, 4) is 11.8 Å². The molecule has 0 saturated carbocycles. The summed E-state index contributed by atoms with van der Waals surface area (Å²) in [5.41, 5.74) is 1.80. The molecule has 45 heavy (non-hydrogen) atoms. The highest BCUT2D eigenvalue weighted by atomic mass is 19.2. The molecular formula is C33H29F2N7O3. The van der Waals surface area contributed by atoms with E-state index in [9.17, 15) is 23.2 Å². The smallest absolute Gasteiger partial charge is 0.331 e. The van der Waals surface area contributed by atoms with Gasteiger partial charge in [-0.3, -0.25) is 14.2 Å². The van der Waals surface area contributed by atoms with Crippen LogP contribution in [0.5, 0.6) is 0 Å². The molecular weight excluding hydrogens is 580 g/mol. The third-order valence-electron chi connectivity index (χ3n) is 6.76. The van der Waals surface area contributed by atoms with E-state index < -0.39 is 28.8 Å². The van der Waals surface area contributed by atoms with Gasteiger partial charge in [0.25, 0.3) is 11.5 Å². The summed E-state index contributed by atoms with van der Waals surface area (Å²) in [7, 11) is 5.42. The SMILES string of the molecule is CN(C)Cc1ccc(Nc2ncc3cc(C#CCNC(=O)c4cn(C)c(=O)n(Cc5ccc(F)c(F)c5)c4=O)ccc3n2)cc1. The van der Waals surface area contributed by atoms with Crippen LogP contribution in [-0.2, 0) is 20.1 Å². The number of halogens is 2. The van der Waals surface area contributed by atoms with Gasteiger partial charge in [0.15, 0.2) is 11.6 Å². The van der Waals surface area contributed by atoms with Gasteiger partial charge in [0, 0.05) is 42.6 Å². The van der Waals surface area contributed by atoms with Crippen molar-refractivity contribution < 1.29 is 13.6 Å². The lowest BCUT2D eigenvalue weighted by molar-refractivity contribution is 0.0955. The zero-order valence-electron chi connectivity index (χ0n) is 24.8. The number of anilines is 2. The van der Waals surface area contributed by atoms with Crippen molar-refractivity contribution in [3.63, 3.8) is 0 Å². The Balaban J connectivity index is 1.23. The zero-order chi connectivity index (χ0) is 32.1. The third kappa shape index (κ3) is 7.46. The van der Waals surface area contributed by atoms with E-state index in [0.29, 0.717) is 11.5 Å². The Morgan fingerprint density at radius 3 is 2.47 bits per heavy atom. The molecule has 0 bridgehead atoms. The van der Waals surface area contributed by atoms with Crippen molar-refractivity contribution in [2.45, 2.75) is 13.1 Å². The maximum Gasteiger partial charge on any atom is 0.331 e. The number of hydrogen-bond acceptors (Lipinski definition) is 7. The summed E-state index contributed by atoms with van der Waals surface area (Å²) in [4.78, 5) is 49.4. The number of fused-ring (bicyclic) bond motifs is 1. The molecule has 1 amide bonds. The molecule has 2 aromatic heterocycles. The van der Waals surface area contributed by atoms with E-state index in [1.165, 1.54) is 18.7 Å². The number of hydrogen-bond donors (Lipinski definition) is 2. The van der Waals surface area contributed by atoms with E-state index in [2.05, 4.69) is 37.3 Å². The Labute approximate surface area is 257 Å². The van der Waals surface area contributed by atoms with Gasteiger partial charge < -0.3 is 20.1 Å². The molecule has 2 N–H and O–H groups in total. The maximum atomic E-state index is 13.6. The fourth-order valence-corrected chi connectivity index (χ4v) is 4.57. The molecule has 0 spiro atoms. The minimum Gasteiger partial charge on any atom is -0.341 e. The molecule has 3 aromatic carbocycles. The first-order valence-corrected chi connectivity index (χ1v) is 13.9. The van der Waals surface area contributed by atoms with Crippen LogP contribution in [0.25, 0.3) is 10.9 Å². The first kappa shape index (κ1) is 30.8. The third-order valence-corrected chi connectivity index (χ3v) is 6.76. The lowest BCUT2D eigenvalue weighted by Gasteiger charge is -2.10. The quantitative estimate of drug-likeness (QED) is 0.259. The van der Waals surface area contributed by atoms with Crippen LogP contribution < -0.4 is 21.9 Å². The minimum absolute atomic E-state index is 0.0744. The van der Waals surface area contributed by atoms with Gasteiger partial charge in [-0.15, -0.1) is 0 Å². The molecule has 0 aliphatic rings. The molecule has 5 aromatic rings. The van der Waals surface area contributed by atoms with Gasteiger partial charge >= 0.3 is 5.69 Å². The number of carbonyl (C=O) groups excluding carboxylic acids is 1. The van der Waals surface area contributed by atoms with E-state index in [1.807, 2.05) is 50.5 Å². The zero-order valence-corrected chi connectivity index (χ0v) is 24.8. The Kier molecular flexibility index (Phi) is 9.11. The number of aryl methyl sites for hydroxylation is 1. The molecule has 228 valence electrons. The van der Waals surface area contributed by atoms with Crippen LogP contribution in [0.4, 0.5) is 20.4 Å². The van der Waals surface area contributed by atoms with Crippen molar-refractivity contribution >= 4 is 28.4 Å². The highest BCUT2D eigenvalue weighted by Crippen LogP contribution is 2.18. The van der Waals surface area contributed by atoms with Crippen molar-refractivity contribution in [2.24, 2.45) is 7.05 Å². The molecule has 10 nitrogen and oxygen atoms in total. The highest BCUT2D eigenvalue weighted by Gasteiger charge is 2.17. The molecule has 0 unspecified atom stereocenters. The van der Waals surface area contributed by atoms with E-state index in [4.69, 9.17) is 0 Å². The maximum absolute atomic E-state index is 13.6. The Morgan fingerprint density at radius 2 is 1.73 bits per heavy atom. The topological polar surface area (TPSA) is 114 Å². The van der Waals surface area contributed by atoms with Gasteiger partial charge in [0.2, 0.25) is 5.95 Å². The molecule has 0 fully saturated rings. The number of nitrogens with one attached hydrogen (secondary N) is 2. The summed E-state index contributed by atoms with van der Waals surface area (Å²) in [6.45, 7) is 0.441. The Hall–Kier alpha value is -5.67. The number of amides is 1. The first-order chi connectivity index (χ1) is 21.6. The van der Waals surface area contributed by atoms with Gasteiger partial charge in [0.05, 0.1) is 18.6 Å². The summed E-state index contributed by atoms with van der Waals surface area (Å²) in [5, 5.41) is 6.55. The minimum atomic E-state index is -1.11. The van der Waals surface area contributed by atoms with Crippen LogP contribution in [-0.4, -0.2) is 50.5 Å². The van der Waals surface area contributed by atoms with E-state index >= 15 is 0 Å². The molecule has 0 saturated heterocycles. The average Bonchev–Trinajstić information content (AvgIpc) is 3.01. The molecule has 0 aliphatic carbocycles. The summed E-state index contributed by atoms with van der Waals surface area (Å²) in [5.74, 6) is 3.38. The van der Waals surface area contributed by atoms with Gasteiger partial charge in [-0.05, 0) is 67.7 Å². The predicted octanol–water partition coefficient (Wildman–Crippen LogP) is 3.40. The van der Waals surface area contributed by atoms with Crippen molar-refractivity contribution in [1.29, 1.82) is 0 Å². The number of carbonyl (C=O) groups is 1. The lowest BCUT2D eigenvalue weighted by atomic mass is 10.1. The largest absolute Gasteiger partial charge is 0.341 e. The van der Waals surface area contributed by atoms with Gasteiger partial charge in [-0.1, -0.05) is 30.0 Å². The van der Waals surface area contributed by atoms with Crippen LogP contribution in [0.3, 0.4) is 0 Å². The molecule has 0 radical (unpaired) electrons. The second-order valence-electron chi connectivity index (χ2n) is 10.6. The van der Waals surface area contributed by atoms with E-state index in [1.54, 1.807) is 12.3 Å². The fraction of sp³-hybridized carbons (Fsp3) is 0.182. The Bertz CT molecular complexity index is 2080. The lowest BCUT2D eigenvalue weighted by Crippen LogP contribution is -2.43. The molecule has 0 atom stereocenters. The predicted molar refractivity (Wildman–Crippen MR) is 167 cm³/mol. The average molecular weight is 610 g/mol. The molecule has 5 rings (SSSR count). The summed E-state index contributed by atoms with van der Waals surface area (Å²) >= 11 is 0. The fourth-order valence-electron chi connectivity index (χ4n) is 4.57. The molecule has 12 heteroatoms. The normalized spacial score (nSPS) is 10.9. The van der Waals surface area contributed by atoms with E-state index in [-0.39, 0.29) is 24.2 Å². The van der Waals surface area contributed by atoms with Gasteiger partial charge in [0.1, 0.15) is 5.56 Å². The van der Waals surface area contributed by atoms with Crippen LogP contribution >= 0.6 is 0 Å². The standard InChI is InChI=1S/C33H29F2N7O3/c1-40(2)18-22-6-10-25(11-7-22)38-32-37-17-24-15-21(9-13-29(24)39-32)5-4-14-36-30(43)26-20-41(3)33(45)42(31(26)44)19-23-8-12-27(34)28(35)16-23/h6-13,15-17,20H,14,18-19H2,1-3H3,(H,36,43)(H,37,38,39). The summed E-state index contributed by atoms with van der Waals surface area (Å²) < 4.78 is 28.8. The van der Waals surface area contributed by atoms with Crippen LogP contribution in [0, 0.1) is 23.5 Å². The monoisotopic (exact) mass is 609 g/mol. The summed E-state index contributed by atoms with van der Waals surface area (Å²) in [6.07, 6.45) is 2.82. The number of nitrogens with zero attached hydrogens (tertiary/aromatic N) is 5. The first-order valence-electron chi connectivity index (χ1n) is 13.9. The second-order valence-corrected chi connectivity index (χ2v) is 10.6. The van der Waals surface area contributed by atoms with Crippen molar-refractivity contribution in [3.05, 3.63) is 128 Å². The van der Waals surface area contributed by atoms with Gasteiger partial charge in [-0.2, -0.15) is 0 Å². The number of aromatic nitrogens is 4. The van der Waals surface area contributed by atoms with Gasteiger partial charge in [-0.25, -0.2) is 23.5 Å². The van der Waals surface area contributed by atoms with Crippen molar-refractivity contribution in [2.75, 3.05) is 26.0 Å². The van der Waals surface area contributed by atoms with E-state index in [0.717, 1.165) is 50.6 Å².